The lowest BCUT2D eigenvalue weighted by Crippen LogP contribution is -2.40. The molecule has 0 aliphatic carbocycles. The Morgan fingerprint density at radius 2 is 2.14 bits per heavy atom. The molecule has 1 aliphatic heterocycles. The number of hydrogen-bond acceptors (Lipinski definition) is 6. The van der Waals surface area contributed by atoms with Crippen molar-refractivity contribution in [3.8, 4) is 0 Å². The van der Waals surface area contributed by atoms with Crippen molar-refractivity contribution in [2.24, 2.45) is 0 Å². The maximum absolute atomic E-state index is 11.8. The molecule has 2 rings (SSSR count). The van der Waals surface area contributed by atoms with Gasteiger partial charge in [0.25, 0.3) is 0 Å². The van der Waals surface area contributed by atoms with E-state index in [9.17, 15) is 4.79 Å². The highest BCUT2D eigenvalue weighted by molar-refractivity contribution is 5.68. The largest absolute Gasteiger partial charge is 0.444 e. The SMILES string of the molecule is CC(C)(C)OC(=O)NC1CCN(c2ccc(N)c(N)n2)C1. The van der Waals surface area contributed by atoms with Crippen molar-refractivity contribution in [3.63, 3.8) is 0 Å². The van der Waals surface area contributed by atoms with E-state index in [0.29, 0.717) is 18.1 Å². The molecule has 0 spiro atoms. The molecule has 1 amide bonds. The number of anilines is 3. The molecule has 1 unspecified atom stereocenters. The van der Waals surface area contributed by atoms with Crippen molar-refractivity contribution in [2.45, 2.75) is 38.8 Å². The lowest BCUT2D eigenvalue weighted by molar-refractivity contribution is 0.0509. The minimum Gasteiger partial charge on any atom is -0.444 e. The average molecular weight is 293 g/mol. The van der Waals surface area contributed by atoms with Crippen LogP contribution in [0.5, 0.6) is 0 Å². The highest BCUT2D eigenvalue weighted by Crippen LogP contribution is 2.22. The van der Waals surface area contributed by atoms with E-state index in [4.69, 9.17) is 16.2 Å². The summed E-state index contributed by atoms with van der Waals surface area (Å²) in [6.07, 6.45) is 0.449. The predicted molar refractivity (Wildman–Crippen MR) is 83.0 cm³/mol. The normalized spacial score (nSPS) is 18.6. The number of ether oxygens (including phenoxy) is 1. The van der Waals surface area contributed by atoms with E-state index in [2.05, 4.69) is 15.2 Å². The van der Waals surface area contributed by atoms with Crippen LogP contribution in [-0.2, 0) is 4.74 Å². The zero-order chi connectivity index (χ0) is 15.6. The fourth-order valence-electron chi connectivity index (χ4n) is 2.21. The first-order valence-corrected chi connectivity index (χ1v) is 7.01. The number of nitrogens with two attached hydrogens (primary N) is 2. The molecule has 1 saturated heterocycles. The number of aromatic nitrogens is 1. The average Bonchev–Trinajstić information content (AvgIpc) is 2.78. The molecule has 7 heteroatoms. The molecule has 7 nitrogen and oxygen atoms in total. The van der Waals surface area contributed by atoms with Gasteiger partial charge in [-0.15, -0.1) is 0 Å². The molecule has 5 N–H and O–H groups in total. The molecule has 2 heterocycles. The molecule has 1 atom stereocenters. The zero-order valence-electron chi connectivity index (χ0n) is 12.7. The number of rotatable bonds is 2. The van der Waals surface area contributed by atoms with Crippen LogP contribution in [0.3, 0.4) is 0 Å². The maximum atomic E-state index is 11.8. The molecule has 1 fully saturated rings. The van der Waals surface area contributed by atoms with Gasteiger partial charge in [-0.05, 0) is 39.3 Å². The molecule has 21 heavy (non-hydrogen) atoms. The highest BCUT2D eigenvalue weighted by Gasteiger charge is 2.27. The number of nitrogens with one attached hydrogen (secondary N) is 1. The van der Waals surface area contributed by atoms with Gasteiger partial charge in [-0.2, -0.15) is 0 Å². The molecule has 0 radical (unpaired) electrons. The summed E-state index contributed by atoms with van der Waals surface area (Å²) in [5.74, 6) is 1.10. The van der Waals surface area contributed by atoms with Gasteiger partial charge in [-0.25, -0.2) is 9.78 Å². The van der Waals surface area contributed by atoms with Crippen molar-refractivity contribution in [1.82, 2.24) is 10.3 Å². The van der Waals surface area contributed by atoms with E-state index in [1.807, 2.05) is 26.8 Å². The van der Waals surface area contributed by atoms with Gasteiger partial charge in [-0.3, -0.25) is 0 Å². The summed E-state index contributed by atoms with van der Waals surface area (Å²) in [6.45, 7) is 7.00. The molecule has 1 aromatic heterocycles. The standard InChI is InChI=1S/C14H23N5O2/c1-14(2,3)21-13(20)17-9-6-7-19(8-9)11-5-4-10(15)12(16)18-11/h4-5,9H,6-8,15H2,1-3H3,(H2,16,18)(H,17,20). The van der Waals surface area contributed by atoms with Crippen LogP contribution < -0.4 is 21.7 Å². The third-order valence-corrected chi connectivity index (χ3v) is 3.18. The van der Waals surface area contributed by atoms with E-state index < -0.39 is 5.60 Å². The first-order valence-electron chi connectivity index (χ1n) is 7.01. The van der Waals surface area contributed by atoms with E-state index in [1.54, 1.807) is 6.07 Å². The first kappa shape index (κ1) is 15.2. The van der Waals surface area contributed by atoms with Crippen molar-refractivity contribution in [2.75, 3.05) is 29.5 Å². The minimum atomic E-state index is -0.491. The number of carbonyl (C=O) groups excluding carboxylic acids is 1. The summed E-state index contributed by atoms with van der Waals surface area (Å²) in [7, 11) is 0. The van der Waals surface area contributed by atoms with Gasteiger partial charge >= 0.3 is 6.09 Å². The topological polar surface area (TPSA) is 106 Å². The van der Waals surface area contributed by atoms with Gasteiger partial charge in [0.15, 0.2) is 0 Å². The van der Waals surface area contributed by atoms with Gasteiger partial charge in [0, 0.05) is 13.1 Å². The van der Waals surface area contributed by atoms with Gasteiger partial charge in [0.05, 0.1) is 11.7 Å². The second-order valence-corrected chi connectivity index (χ2v) is 6.22. The molecule has 116 valence electrons. The molecule has 0 saturated carbocycles. The second kappa shape index (κ2) is 5.67. The lowest BCUT2D eigenvalue weighted by Gasteiger charge is -2.22. The Hall–Kier alpha value is -2.18. The third-order valence-electron chi connectivity index (χ3n) is 3.18. The summed E-state index contributed by atoms with van der Waals surface area (Å²) in [6, 6.07) is 3.62. The van der Waals surface area contributed by atoms with Crippen molar-refractivity contribution in [1.29, 1.82) is 0 Å². The van der Waals surface area contributed by atoms with Crippen LogP contribution in [0.25, 0.3) is 0 Å². The molecular formula is C14H23N5O2. The van der Waals surface area contributed by atoms with Crippen LogP contribution in [-0.4, -0.2) is 35.8 Å². The molecule has 0 aromatic carbocycles. The summed E-state index contributed by atoms with van der Waals surface area (Å²) in [4.78, 5) is 18.1. The van der Waals surface area contributed by atoms with Crippen molar-refractivity contribution < 1.29 is 9.53 Å². The Bertz CT molecular complexity index is 527. The van der Waals surface area contributed by atoms with E-state index in [0.717, 1.165) is 18.8 Å². The van der Waals surface area contributed by atoms with Gasteiger partial charge in [0.1, 0.15) is 17.2 Å². The van der Waals surface area contributed by atoms with Gasteiger partial charge < -0.3 is 26.4 Å². The zero-order valence-corrected chi connectivity index (χ0v) is 12.7. The number of alkyl carbamates (subject to hydrolysis) is 1. The Morgan fingerprint density at radius 3 is 2.76 bits per heavy atom. The molecular weight excluding hydrogens is 270 g/mol. The fraction of sp³-hybridized carbons (Fsp3) is 0.571. The highest BCUT2D eigenvalue weighted by atomic mass is 16.6. The van der Waals surface area contributed by atoms with Crippen molar-refractivity contribution >= 4 is 23.4 Å². The van der Waals surface area contributed by atoms with Crippen LogP contribution in [0.15, 0.2) is 12.1 Å². The minimum absolute atomic E-state index is 0.0421. The quantitative estimate of drug-likeness (QED) is 0.760. The number of amides is 1. The van der Waals surface area contributed by atoms with Crippen LogP contribution >= 0.6 is 0 Å². The maximum Gasteiger partial charge on any atom is 0.407 e. The Morgan fingerprint density at radius 1 is 1.43 bits per heavy atom. The lowest BCUT2D eigenvalue weighted by atomic mass is 10.2. The molecule has 0 bridgehead atoms. The fourth-order valence-corrected chi connectivity index (χ4v) is 2.21. The Labute approximate surface area is 124 Å². The number of nitrogens with zero attached hydrogens (tertiary/aromatic N) is 2. The van der Waals surface area contributed by atoms with Crippen LogP contribution in [0.2, 0.25) is 0 Å². The number of carbonyl (C=O) groups is 1. The van der Waals surface area contributed by atoms with Gasteiger partial charge in [-0.1, -0.05) is 0 Å². The Kier molecular flexibility index (Phi) is 4.11. The summed E-state index contributed by atoms with van der Waals surface area (Å²) in [5.41, 5.74) is 11.4. The van der Waals surface area contributed by atoms with E-state index in [-0.39, 0.29) is 12.1 Å². The van der Waals surface area contributed by atoms with E-state index >= 15 is 0 Å². The van der Waals surface area contributed by atoms with Crippen LogP contribution in [0, 0.1) is 0 Å². The van der Waals surface area contributed by atoms with Gasteiger partial charge in [0.2, 0.25) is 0 Å². The third kappa shape index (κ3) is 4.14. The predicted octanol–water partition coefficient (Wildman–Crippen LogP) is 1.35. The monoisotopic (exact) mass is 293 g/mol. The van der Waals surface area contributed by atoms with E-state index in [1.165, 1.54) is 0 Å². The number of hydrogen-bond donors (Lipinski definition) is 3. The molecule has 1 aromatic rings. The Balaban J connectivity index is 1.91. The molecule has 1 aliphatic rings. The second-order valence-electron chi connectivity index (χ2n) is 6.22. The number of nitrogen functional groups attached to an aromatic ring is 2. The van der Waals surface area contributed by atoms with Crippen molar-refractivity contribution in [3.05, 3.63) is 12.1 Å². The van der Waals surface area contributed by atoms with Crippen LogP contribution in [0.1, 0.15) is 27.2 Å². The van der Waals surface area contributed by atoms with Crippen LogP contribution in [0.4, 0.5) is 22.1 Å². The summed E-state index contributed by atoms with van der Waals surface area (Å²) in [5, 5.41) is 2.87. The first-order chi connectivity index (χ1) is 9.74. The number of pyridine rings is 1. The smallest absolute Gasteiger partial charge is 0.407 e. The summed E-state index contributed by atoms with van der Waals surface area (Å²) >= 11 is 0. The summed E-state index contributed by atoms with van der Waals surface area (Å²) < 4.78 is 5.25.